The number of aryl methyl sites for hydroxylation is 2. The molecule has 2 aromatic rings. The van der Waals surface area contributed by atoms with E-state index in [1.807, 2.05) is 26.2 Å². The van der Waals surface area contributed by atoms with Crippen LogP contribution < -0.4 is 5.32 Å². The van der Waals surface area contributed by atoms with Gasteiger partial charge in [0.1, 0.15) is 0 Å². The van der Waals surface area contributed by atoms with E-state index in [-0.39, 0.29) is 11.9 Å². The standard InChI is InChI=1S/C11H14N4OS/c1-6-4-12-10(13-6)11(16)14-7(2)9-5-17-8(3)15-9/h4-5,7H,1-3H3,(H,12,13)(H,14,16). The van der Waals surface area contributed by atoms with Gasteiger partial charge < -0.3 is 10.3 Å². The molecular formula is C11H14N4OS. The molecule has 0 bridgehead atoms. The Kier molecular flexibility index (Phi) is 3.23. The van der Waals surface area contributed by atoms with Crippen LogP contribution >= 0.6 is 11.3 Å². The van der Waals surface area contributed by atoms with Gasteiger partial charge in [-0.15, -0.1) is 11.3 Å². The number of nitrogens with one attached hydrogen (secondary N) is 2. The van der Waals surface area contributed by atoms with Crippen molar-refractivity contribution < 1.29 is 4.79 Å². The molecule has 0 aliphatic heterocycles. The maximum absolute atomic E-state index is 11.8. The molecule has 0 radical (unpaired) electrons. The molecule has 1 amide bonds. The number of imidazole rings is 1. The lowest BCUT2D eigenvalue weighted by Gasteiger charge is -2.09. The molecule has 2 rings (SSSR count). The van der Waals surface area contributed by atoms with Crippen LogP contribution in [-0.4, -0.2) is 20.9 Å². The highest BCUT2D eigenvalue weighted by atomic mass is 32.1. The highest BCUT2D eigenvalue weighted by molar-refractivity contribution is 7.09. The average molecular weight is 250 g/mol. The van der Waals surface area contributed by atoms with Gasteiger partial charge in [-0.3, -0.25) is 4.79 Å². The van der Waals surface area contributed by atoms with Crippen LogP contribution in [0, 0.1) is 13.8 Å². The van der Waals surface area contributed by atoms with Gasteiger partial charge in [0.05, 0.1) is 16.7 Å². The third kappa shape index (κ3) is 2.71. The van der Waals surface area contributed by atoms with Crippen LogP contribution in [0.3, 0.4) is 0 Å². The molecule has 0 aliphatic rings. The number of H-pyrrole nitrogens is 1. The van der Waals surface area contributed by atoms with Crippen molar-refractivity contribution in [1.82, 2.24) is 20.3 Å². The fourth-order valence-corrected chi connectivity index (χ4v) is 2.15. The molecule has 0 aromatic carbocycles. The Balaban J connectivity index is 2.04. The quantitative estimate of drug-likeness (QED) is 0.875. The Bertz CT molecular complexity index is 531. The zero-order valence-corrected chi connectivity index (χ0v) is 10.8. The minimum atomic E-state index is -0.212. The Morgan fingerprint density at radius 1 is 1.53 bits per heavy atom. The van der Waals surface area contributed by atoms with Crippen molar-refractivity contribution in [2.75, 3.05) is 0 Å². The predicted octanol–water partition coefficient (Wildman–Crippen LogP) is 1.97. The number of thiazole rings is 1. The van der Waals surface area contributed by atoms with Gasteiger partial charge in [0.2, 0.25) is 0 Å². The van der Waals surface area contributed by atoms with E-state index in [1.165, 1.54) is 0 Å². The third-order valence-electron chi connectivity index (χ3n) is 2.35. The molecule has 0 spiro atoms. The first kappa shape index (κ1) is 11.8. The van der Waals surface area contributed by atoms with Crippen molar-refractivity contribution in [2.45, 2.75) is 26.8 Å². The Morgan fingerprint density at radius 2 is 2.29 bits per heavy atom. The molecule has 1 atom stereocenters. The van der Waals surface area contributed by atoms with E-state index in [0.29, 0.717) is 5.82 Å². The number of carbonyl (C=O) groups excluding carboxylic acids is 1. The number of amides is 1. The van der Waals surface area contributed by atoms with E-state index in [4.69, 9.17) is 0 Å². The summed E-state index contributed by atoms with van der Waals surface area (Å²) >= 11 is 1.57. The summed E-state index contributed by atoms with van der Waals surface area (Å²) in [5.41, 5.74) is 1.75. The van der Waals surface area contributed by atoms with E-state index in [9.17, 15) is 4.79 Å². The molecule has 0 saturated carbocycles. The van der Waals surface area contributed by atoms with E-state index in [0.717, 1.165) is 16.4 Å². The molecule has 2 aromatic heterocycles. The zero-order chi connectivity index (χ0) is 12.4. The van der Waals surface area contributed by atoms with Gasteiger partial charge in [0.25, 0.3) is 5.91 Å². The summed E-state index contributed by atoms with van der Waals surface area (Å²) in [6.45, 7) is 5.71. The van der Waals surface area contributed by atoms with E-state index < -0.39 is 0 Å². The number of aromatic nitrogens is 3. The molecule has 17 heavy (non-hydrogen) atoms. The second-order valence-corrected chi connectivity index (χ2v) is 4.96. The monoisotopic (exact) mass is 250 g/mol. The Hall–Kier alpha value is -1.69. The molecular weight excluding hydrogens is 236 g/mol. The molecule has 1 unspecified atom stereocenters. The highest BCUT2D eigenvalue weighted by Crippen LogP contribution is 2.15. The predicted molar refractivity (Wildman–Crippen MR) is 66.1 cm³/mol. The summed E-state index contributed by atoms with van der Waals surface area (Å²) < 4.78 is 0. The minimum Gasteiger partial charge on any atom is -0.341 e. The van der Waals surface area contributed by atoms with E-state index >= 15 is 0 Å². The average Bonchev–Trinajstić information content (AvgIpc) is 2.87. The summed E-state index contributed by atoms with van der Waals surface area (Å²) in [4.78, 5) is 23.0. The van der Waals surface area contributed by atoms with Crippen molar-refractivity contribution in [3.63, 3.8) is 0 Å². The van der Waals surface area contributed by atoms with Gasteiger partial charge in [-0.05, 0) is 20.8 Å². The zero-order valence-electron chi connectivity index (χ0n) is 9.94. The number of hydrogen-bond acceptors (Lipinski definition) is 4. The van der Waals surface area contributed by atoms with Crippen LogP contribution in [-0.2, 0) is 0 Å². The molecule has 2 heterocycles. The van der Waals surface area contributed by atoms with Crippen molar-refractivity contribution in [2.24, 2.45) is 0 Å². The largest absolute Gasteiger partial charge is 0.341 e. The summed E-state index contributed by atoms with van der Waals surface area (Å²) in [6.07, 6.45) is 1.63. The van der Waals surface area contributed by atoms with Gasteiger partial charge >= 0.3 is 0 Å². The fourth-order valence-electron chi connectivity index (χ4n) is 1.45. The Labute approximate surface area is 103 Å². The third-order valence-corrected chi connectivity index (χ3v) is 3.14. The SMILES string of the molecule is Cc1cnc(C(=O)NC(C)c2csc(C)n2)[nH]1. The van der Waals surface area contributed by atoms with Crippen LogP contribution in [0.5, 0.6) is 0 Å². The summed E-state index contributed by atoms with van der Waals surface area (Å²) in [5, 5.41) is 5.80. The summed E-state index contributed by atoms with van der Waals surface area (Å²) in [7, 11) is 0. The topological polar surface area (TPSA) is 70.7 Å². The van der Waals surface area contributed by atoms with E-state index in [1.54, 1.807) is 17.5 Å². The number of rotatable bonds is 3. The van der Waals surface area contributed by atoms with Crippen LogP contribution in [0.2, 0.25) is 0 Å². The van der Waals surface area contributed by atoms with Gasteiger partial charge in [-0.25, -0.2) is 9.97 Å². The van der Waals surface area contributed by atoms with Gasteiger partial charge in [0.15, 0.2) is 5.82 Å². The highest BCUT2D eigenvalue weighted by Gasteiger charge is 2.15. The number of hydrogen-bond donors (Lipinski definition) is 2. The number of aromatic amines is 1. The molecule has 0 aliphatic carbocycles. The lowest BCUT2D eigenvalue weighted by atomic mass is 10.2. The van der Waals surface area contributed by atoms with Gasteiger partial charge in [-0.2, -0.15) is 0 Å². The van der Waals surface area contributed by atoms with Crippen LogP contribution in [0.15, 0.2) is 11.6 Å². The normalized spacial score (nSPS) is 12.4. The van der Waals surface area contributed by atoms with Crippen molar-refractivity contribution >= 4 is 17.2 Å². The molecule has 5 nitrogen and oxygen atoms in total. The lowest BCUT2D eigenvalue weighted by molar-refractivity contribution is 0.0929. The molecule has 0 saturated heterocycles. The maximum Gasteiger partial charge on any atom is 0.287 e. The first-order valence-corrected chi connectivity index (χ1v) is 6.18. The second kappa shape index (κ2) is 4.67. The van der Waals surface area contributed by atoms with Gasteiger partial charge in [-0.1, -0.05) is 0 Å². The van der Waals surface area contributed by atoms with Gasteiger partial charge in [0, 0.05) is 17.3 Å². The smallest absolute Gasteiger partial charge is 0.287 e. The first-order valence-electron chi connectivity index (χ1n) is 5.31. The first-order chi connectivity index (χ1) is 8.06. The summed E-state index contributed by atoms with van der Waals surface area (Å²) in [5.74, 6) is 0.123. The van der Waals surface area contributed by atoms with Crippen LogP contribution in [0.4, 0.5) is 0 Å². The Morgan fingerprint density at radius 3 is 2.82 bits per heavy atom. The molecule has 90 valence electrons. The molecule has 6 heteroatoms. The summed E-state index contributed by atoms with van der Waals surface area (Å²) in [6, 6.07) is -0.113. The maximum atomic E-state index is 11.8. The van der Waals surface area contributed by atoms with Crippen molar-refractivity contribution in [3.05, 3.63) is 33.8 Å². The van der Waals surface area contributed by atoms with Crippen LogP contribution in [0.25, 0.3) is 0 Å². The van der Waals surface area contributed by atoms with Crippen molar-refractivity contribution in [1.29, 1.82) is 0 Å². The van der Waals surface area contributed by atoms with Crippen molar-refractivity contribution in [3.8, 4) is 0 Å². The molecule has 2 N–H and O–H groups in total. The van der Waals surface area contributed by atoms with Crippen LogP contribution in [0.1, 0.15) is 40.0 Å². The van der Waals surface area contributed by atoms with E-state index in [2.05, 4.69) is 20.3 Å². The fraction of sp³-hybridized carbons (Fsp3) is 0.364. The second-order valence-electron chi connectivity index (χ2n) is 3.90. The lowest BCUT2D eigenvalue weighted by Crippen LogP contribution is -2.27. The number of carbonyl (C=O) groups is 1. The number of nitrogens with zero attached hydrogens (tertiary/aromatic N) is 2. The minimum absolute atomic E-state index is 0.113. The molecule has 0 fully saturated rings.